The van der Waals surface area contributed by atoms with Gasteiger partial charge in [-0.05, 0) is 17.7 Å². The molecule has 1 atom stereocenters. The fourth-order valence-corrected chi connectivity index (χ4v) is 1.38. The Hall–Kier alpha value is -1.27. The first-order valence-electron chi connectivity index (χ1n) is 5.39. The minimum absolute atomic E-state index is 0.114. The molecule has 0 aromatic heterocycles. The summed E-state index contributed by atoms with van der Waals surface area (Å²) in [5.41, 5.74) is 0.617. The fraction of sp³-hybridized carbons (Fsp3) is 0.500. The average Bonchev–Trinajstić information content (AvgIpc) is 2.33. The molecule has 0 spiro atoms. The predicted molar refractivity (Wildman–Crippen MR) is 59.4 cm³/mol. The van der Waals surface area contributed by atoms with Crippen molar-refractivity contribution in [2.45, 2.75) is 18.7 Å². The molecular weight excluding hydrogens is 249 g/mol. The highest BCUT2D eigenvalue weighted by Gasteiger charge is 2.27. The van der Waals surface area contributed by atoms with E-state index in [1.165, 1.54) is 7.11 Å². The summed E-state index contributed by atoms with van der Waals surface area (Å²) in [6, 6.07) is 6.67. The normalized spacial score (nSPS) is 13.4. The summed E-state index contributed by atoms with van der Waals surface area (Å²) >= 11 is 0. The number of benzene rings is 1. The maximum absolute atomic E-state index is 11.8. The number of aliphatic hydroxyl groups excluding tert-OH is 1. The summed E-state index contributed by atoms with van der Waals surface area (Å²) in [5, 5.41) is 9.71. The van der Waals surface area contributed by atoms with Gasteiger partial charge < -0.3 is 14.6 Å². The lowest BCUT2D eigenvalue weighted by Crippen LogP contribution is -2.18. The van der Waals surface area contributed by atoms with Crippen LogP contribution in [-0.2, 0) is 4.74 Å². The molecule has 0 saturated carbocycles. The van der Waals surface area contributed by atoms with Crippen LogP contribution < -0.4 is 4.74 Å². The van der Waals surface area contributed by atoms with Gasteiger partial charge in [0.15, 0.2) is 0 Å². The highest BCUT2D eigenvalue weighted by atomic mass is 19.4. The Morgan fingerprint density at radius 1 is 1.22 bits per heavy atom. The van der Waals surface area contributed by atoms with Crippen LogP contribution in [-0.4, -0.2) is 31.6 Å². The Morgan fingerprint density at radius 3 is 2.33 bits per heavy atom. The first kappa shape index (κ1) is 14.8. The van der Waals surface area contributed by atoms with Gasteiger partial charge in [-0.2, -0.15) is 13.2 Å². The van der Waals surface area contributed by atoms with Gasteiger partial charge in [-0.1, -0.05) is 12.1 Å². The molecule has 18 heavy (non-hydrogen) atoms. The van der Waals surface area contributed by atoms with E-state index in [4.69, 9.17) is 4.74 Å². The summed E-state index contributed by atoms with van der Waals surface area (Å²) in [6.45, 7) is -1.44. The molecular formula is C12H15F3O3. The zero-order valence-corrected chi connectivity index (χ0v) is 9.91. The SMILES string of the molecule is COc1ccc(C(O)CCOCC(F)(F)F)cc1. The van der Waals surface area contributed by atoms with E-state index < -0.39 is 18.9 Å². The van der Waals surface area contributed by atoms with Crippen molar-refractivity contribution in [3.63, 3.8) is 0 Å². The number of rotatable bonds is 6. The Balaban J connectivity index is 2.33. The Bertz CT molecular complexity index is 349. The molecule has 1 N–H and O–H groups in total. The van der Waals surface area contributed by atoms with E-state index in [1.807, 2.05) is 0 Å². The van der Waals surface area contributed by atoms with E-state index in [0.29, 0.717) is 11.3 Å². The smallest absolute Gasteiger partial charge is 0.411 e. The average molecular weight is 264 g/mol. The molecule has 0 aliphatic rings. The molecule has 0 fully saturated rings. The largest absolute Gasteiger partial charge is 0.497 e. The van der Waals surface area contributed by atoms with Crippen LogP contribution in [0.4, 0.5) is 13.2 Å². The second-order valence-electron chi connectivity index (χ2n) is 3.75. The van der Waals surface area contributed by atoms with E-state index in [2.05, 4.69) is 4.74 Å². The zero-order chi connectivity index (χ0) is 13.6. The highest BCUT2D eigenvalue weighted by molar-refractivity contribution is 5.28. The van der Waals surface area contributed by atoms with Crippen molar-refractivity contribution >= 4 is 0 Å². The van der Waals surface area contributed by atoms with E-state index in [9.17, 15) is 18.3 Å². The molecule has 0 aliphatic heterocycles. The molecule has 1 aromatic carbocycles. The van der Waals surface area contributed by atoms with Crippen LogP contribution in [0.25, 0.3) is 0 Å². The number of hydrogen-bond acceptors (Lipinski definition) is 3. The van der Waals surface area contributed by atoms with E-state index >= 15 is 0 Å². The molecule has 0 saturated heterocycles. The topological polar surface area (TPSA) is 38.7 Å². The monoisotopic (exact) mass is 264 g/mol. The quantitative estimate of drug-likeness (QED) is 0.803. The van der Waals surface area contributed by atoms with Crippen molar-refractivity contribution in [3.8, 4) is 5.75 Å². The van der Waals surface area contributed by atoms with Gasteiger partial charge in [0.05, 0.1) is 13.2 Å². The molecule has 1 unspecified atom stereocenters. The second kappa shape index (κ2) is 6.61. The van der Waals surface area contributed by atoms with Gasteiger partial charge in [0.25, 0.3) is 0 Å². The number of halogens is 3. The number of aliphatic hydroxyl groups is 1. The second-order valence-corrected chi connectivity index (χ2v) is 3.75. The van der Waals surface area contributed by atoms with Crippen molar-refractivity contribution < 1.29 is 27.8 Å². The molecule has 0 heterocycles. The van der Waals surface area contributed by atoms with Gasteiger partial charge >= 0.3 is 6.18 Å². The van der Waals surface area contributed by atoms with Crippen molar-refractivity contribution in [2.75, 3.05) is 20.3 Å². The molecule has 1 rings (SSSR count). The molecule has 6 heteroatoms. The highest BCUT2D eigenvalue weighted by Crippen LogP contribution is 2.20. The van der Waals surface area contributed by atoms with E-state index in [1.54, 1.807) is 24.3 Å². The van der Waals surface area contributed by atoms with Gasteiger partial charge in [-0.15, -0.1) is 0 Å². The van der Waals surface area contributed by atoms with E-state index in [0.717, 1.165) is 0 Å². The van der Waals surface area contributed by atoms with Crippen LogP contribution in [0, 0.1) is 0 Å². The van der Waals surface area contributed by atoms with Crippen LogP contribution >= 0.6 is 0 Å². The van der Waals surface area contributed by atoms with Gasteiger partial charge in [-0.25, -0.2) is 0 Å². The molecule has 0 radical (unpaired) electrons. The minimum Gasteiger partial charge on any atom is -0.497 e. The van der Waals surface area contributed by atoms with Crippen molar-refractivity contribution in [3.05, 3.63) is 29.8 Å². The van der Waals surface area contributed by atoms with Crippen molar-refractivity contribution in [1.82, 2.24) is 0 Å². The van der Waals surface area contributed by atoms with Crippen molar-refractivity contribution in [2.24, 2.45) is 0 Å². The molecule has 3 nitrogen and oxygen atoms in total. The molecule has 0 amide bonds. The molecule has 1 aromatic rings. The predicted octanol–water partition coefficient (Wildman–Crippen LogP) is 2.70. The lowest BCUT2D eigenvalue weighted by atomic mass is 10.1. The standard InChI is InChI=1S/C12H15F3O3/c1-17-10-4-2-9(3-5-10)11(16)6-7-18-8-12(13,14)15/h2-5,11,16H,6-8H2,1H3. The van der Waals surface area contributed by atoms with Crippen LogP contribution in [0.1, 0.15) is 18.1 Å². The third-order valence-electron chi connectivity index (χ3n) is 2.30. The summed E-state index contributed by atoms with van der Waals surface area (Å²) in [5.74, 6) is 0.652. The van der Waals surface area contributed by atoms with Crippen LogP contribution in [0.3, 0.4) is 0 Å². The lowest BCUT2D eigenvalue weighted by molar-refractivity contribution is -0.175. The number of methoxy groups -OCH3 is 1. The van der Waals surface area contributed by atoms with E-state index in [-0.39, 0.29) is 13.0 Å². The third kappa shape index (κ3) is 5.37. The first-order chi connectivity index (χ1) is 8.42. The summed E-state index contributed by atoms with van der Waals surface area (Å²) in [7, 11) is 1.52. The molecule has 0 bridgehead atoms. The van der Waals surface area contributed by atoms with Gasteiger partial charge in [0.2, 0.25) is 0 Å². The van der Waals surface area contributed by atoms with Crippen LogP contribution in [0.15, 0.2) is 24.3 Å². The first-order valence-corrected chi connectivity index (χ1v) is 5.39. The molecule has 102 valence electrons. The fourth-order valence-electron chi connectivity index (χ4n) is 1.38. The van der Waals surface area contributed by atoms with Gasteiger partial charge in [0.1, 0.15) is 12.4 Å². The summed E-state index contributed by atoms with van der Waals surface area (Å²) in [6.07, 6.45) is -5.06. The number of ether oxygens (including phenoxy) is 2. The third-order valence-corrected chi connectivity index (χ3v) is 2.30. The van der Waals surface area contributed by atoms with Crippen molar-refractivity contribution in [1.29, 1.82) is 0 Å². The maximum atomic E-state index is 11.8. The Kier molecular flexibility index (Phi) is 5.43. The molecule has 0 aliphatic carbocycles. The summed E-state index contributed by atoms with van der Waals surface area (Å²) in [4.78, 5) is 0. The lowest BCUT2D eigenvalue weighted by Gasteiger charge is -2.12. The van der Waals surface area contributed by atoms with Gasteiger partial charge in [-0.3, -0.25) is 0 Å². The van der Waals surface area contributed by atoms with Crippen LogP contribution in [0.2, 0.25) is 0 Å². The number of alkyl halides is 3. The Morgan fingerprint density at radius 2 is 1.83 bits per heavy atom. The van der Waals surface area contributed by atoms with Gasteiger partial charge in [0, 0.05) is 13.0 Å². The van der Waals surface area contributed by atoms with Crippen LogP contribution in [0.5, 0.6) is 5.75 Å². The Labute approximate surface area is 103 Å². The maximum Gasteiger partial charge on any atom is 0.411 e. The zero-order valence-electron chi connectivity index (χ0n) is 9.91. The minimum atomic E-state index is -4.33. The number of hydrogen-bond donors (Lipinski definition) is 1. The summed E-state index contributed by atoms with van der Waals surface area (Å²) < 4.78 is 44.7.